The van der Waals surface area contributed by atoms with Crippen molar-refractivity contribution in [3.63, 3.8) is 0 Å². The van der Waals surface area contributed by atoms with E-state index in [2.05, 4.69) is 15.3 Å². The van der Waals surface area contributed by atoms with E-state index in [4.69, 9.17) is 43.4 Å². The zero-order valence-corrected chi connectivity index (χ0v) is 37.8. The van der Waals surface area contributed by atoms with E-state index in [0.717, 1.165) is 52.5 Å². The molecule has 348 valence electrons. The van der Waals surface area contributed by atoms with Gasteiger partial charge in [-0.3, -0.25) is 13.9 Å². The smallest absolute Gasteiger partial charge is 0.264 e. The van der Waals surface area contributed by atoms with Crippen LogP contribution in [0.3, 0.4) is 0 Å². The third-order valence-corrected chi connectivity index (χ3v) is 13.4. The summed E-state index contributed by atoms with van der Waals surface area (Å²) < 4.78 is 113. The second-order valence-electron chi connectivity index (χ2n) is 14.4. The number of sulfonamides is 1. The van der Waals surface area contributed by atoms with Gasteiger partial charge in [0.05, 0.1) is 48.7 Å². The number of pyridine rings is 2. The van der Waals surface area contributed by atoms with Gasteiger partial charge in [0.15, 0.2) is 11.6 Å². The molecule has 0 bridgehead atoms. The first-order chi connectivity index (χ1) is 30.7. The van der Waals surface area contributed by atoms with Gasteiger partial charge in [-0.2, -0.15) is 0 Å². The molecule has 6 aromatic rings. The highest BCUT2D eigenvalue weighted by atomic mass is 35.7. The quantitative estimate of drug-likeness (QED) is 0.0834. The molecule has 12 nitrogen and oxygen atoms in total. The fourth-order valence-corrected chi connectivity index (χ4v) is 9.37. The Morgan fingerprint density at radius 3 is 1.67 bits per heavy atom. The summed E-state index contributed by atoms with van der Waals surface area (Å²) in [5, 5.41) is 3.34. The lowest BCUT2D eigenvalue weighted by Gasteiger charge is -2.35. The lowest BCUT2D eigenvalue weighted by Crippen LogP contribution is -2.45. The highest BCUT2D eigenvalue weighted by Gasteiger charge is 2.36. The van der Waals surface area contributed by atoms with Crippen molar-refractivity contribution in [3.8, 4) is 11.8 Å². The van der Waals surface area contributed by atoms with Crippen LogP contribution in [-0.4, -0.2) is 63.7 Å². The molecule has 21 heteroatoms. The molecule has 0 amide bonds. The lowest BCUT2D eigenvalue weighted by molar-refractivity contribution is 0.0980. The molecular weight excluding hydrogens is 971 g/mol. The summed E-state index contributed by atoms with van der Waals surface area (Å²) >= 11 is 11.9. The number of nitrogens with one attached hydrogen (secondary N) is 1. The Balaban J connectivity index is 0.000000207. The number of aromatic nitrogens is 2. The van der Waals surface area contributed by atoms with Crippen LogP contribution >= 0.6 is 33.9 Å². The molecule has 1 N–H and O–H groups in total. The van der Waals surface area contributed by atoms with Crippen molar-refractivity contribution in [3.05, 3.63) is 165 Å². The molecule has 2 aliphatic rings. The van der Waals surface area contributed by atoms with E-state index in [-0.39, 0.29) is 81.2 Å². The molecule has 0 spiro atoms. The van der Waals surface area contributed by atoms with Crippen molar-refractivity contribution in [2.24, 2.45) is 0 Å². The Morgan fingerprint density at radius 1 is 0.697 bits per heavy atom. The minimum Gasteiger partial charge on any atom is -0.474 e. The van der Waals surface area contributed by atoms with Gasteiger partial charge in [0.25, 0.3) is 19.1 Å². The number of nitrogens with zero attached hydrogens (tertiary/aromatic N) is 3. The lowest BCUT2D eigenvalue weighted by atomic mass is 10.0. The van der Waals surface area contributed by atoms with Crippen LogP contribution in [0.2, 0.25) is 10.0 Å². The van der Waals surface area contributed by atoms with Gasteiger partial charge >= 0.3 is 0 Å². The first-order valence-corrected chi connectivity index (χ1v) is 23.7. The SMILES string of the molecule is C.CC1COc2ncc(CC(=O)c3c(F)cccc3Cl)cc2N1.CC1COc2ncc(CC(=O)c3c(F)cccc3Cl)cc2N1S(=O)(=O)c1ccc(F)cc1.O=S(=O)(Cl)c1ccc(F)cc1. The largest absolute Gasteiger partial charge is 0.474 e. The maximum Gasteiger partial charge on any atom is 0.264 e. The fourth-order valence-electron chi connectivity index (χ4n) is 6.43. The number of Topliss-reactive ketones (excluding diaryl/α,β-unsaturated/α-hetero) is 2. The first kappa shape index (κ1) is 51.2. The number of fused-ring (bicyclic) bond motifs is 2. The van der Waals surface area contributed by atoms with Gasteiger partial charge in [-0.05, 0) is 110 Å². The van der Waals surface area contributed by atoms with Gasteiger partial charge in [0.1, 0.15) is 42.2 Å². The molecule has 2 unspecified atom stereocenters. The topological polar surface area (TPSA) is 162 Å². The van der Waals surface area contributed by atoms with Crippen LogP contribution in [0.25, 0.3) is 0 Å². The number of halogens is 7. The van der Waals surface area contributed by atoms with Crippen LogP contribution in [0.1, 0.15) is 53.1 Å². The standard InChI is InChI=1S/C22H17ClF2N2O4S.C16H14ClFN2O2.C6H4ClFO2S.CH4/c1-13-12-31-22-19(27(13)32(29,30)16-7-5-15(24)6-8-16)9-14(11-26-22)10-20(28)21-17(23)3-2-4-18(21)25;1-9-8-22-16-13(20-9)5-10(7-19-16)6-14(21)15-11(17)3-2-4-12(15)18;7-11(9,10)6-3-1-5(8)2-4-6;/h2-9,11,13H,10,12H2,1H3;2-5,7,9,20H,6,8H2,1H3;1-4H;1H4. The zero-order valence-electron chi connectivity index (χ0n) is 33.9. The van der Waals surface area contributed by atoms with Gasteiger partial charge < -0.3 is 14.8 Å². The van der Waals surface area contributed by atoms with Crippen molar-refractivity contribution in [1.82, 2.24) is 9.97 Å². The predicted octanol–water partition coefficient (Wildman–Crippen LogP) is 10.3. The highest BCUT2D eigenvalue weighted by Crippen LogP contribution is 2.37. The third-order valence-electron chi connectivity index (χ3n) is 9.45. The normalized spacial score (nSPS) is 15.0. The van der Waals surface area contributed by atoms with Crippen LogP contribution < -0.4 is 19.1 Å². The van der Waals surface area contributed by atoms with E-state index < -0.39 is 54.2 Å². The monoisotopic (exact) mass is 1010 g/mol. The molecule has 0 fully saturated rings. The summed E-state index contributed by atoms with van der Waals surface area (Å²) in [6, 6.07) is 19.7. The molecule has 0 aliphatic carbocycles. The van der Waals surface area contributed by atoms with Crippen LogP contribution in [-0.2, 0) is 31.9 Å². The maximum atomic E-state index is 14.1. The van der Waals surface area contributed by atoms with Crippen molar-refractivity contribution < 1.29 is 53.5 Å². The third kappa shape index (κ3) is 12.3. The molecule has 4 aromatic carbocycles. The minimum atomic E-state index is -4.07. The molecule has 4 heterocycles. The number of carbonyl (C=O) groups is 2. The predicted molar refractivity (Wildman–Crippen MR) is 243 cm³/mol. The minimum absolute atomic E-state index is 0. The Hall–Kier alpha value is -5.79. The number of anilines is 2. The summed E-state index contributed by atoms with van der Waals surface area (Å²) in [6.45, 7) is 4.24. The number of carbonyl (C=O) groups excluding carboxylic acids is 2. The fraction of sp³-hybridized carbons (Fsp3) is 0.200. The Labute approximate surface area is 392 Å². The second kappa shape index (κ2) is 21.7. The summed E-state index contributed by atoms with van der Waals surface area (Å²) in [7, 11) is -2.82. The highest BCUT2D eigenvalue weighted by molar-refractivity contribution is 8.13. The zero-order chi connectivity index (χ0) is 47.2. The average molecular weight is 1010 g/mol. The number of hydrogen-bond acceptors (Lipinski definition) is 11. The molecule has 0 radical (unpaired) electrons. The van der Waals surface area contributed by atoms with Crippen LogP contribution in [0.4, 0.5) is 28.9 Å². The summed E-state index contributed by atoms with van der Waals surface area (Å²) in [6.07, 6.45) is 2.70. The van der Waals surface area contributed by atoms with Crippen molar-refractivity contribution >= 4 is 75.9 Å². The summed E-state index contributed by atoms with van der Waals surface area (Å²) in [5.41, 5.74) is 1.58. The molecule has 2 aliphatic heterocycles. The van der Waals surface area contributed by atoms with Crippen molar-refractivity contribution in [2.75, 3.05) is 22.8 Å². The van der Waals surface area contributed by atoms with E-state index in [9.17, 15) is 44.0 Å². The average Bonchev–Trinajstić information content (AvgIpc) is 3.23. The first-order valence-electron chi connectivity index (χ1n) is 19.2. The summed E-state index contributed by atoms with van der Waals surface area (Å²) in [4.78, 5) is 33.1. The Kier molecular flexibility index (Phi) is 16.8. The maximum absolute atomic E-state index is 14.1. The molecule has 2 atom stereocenters. The number of benzene rings is 4. The van der Waals surface area contributed by atoms with E-state index in [0.29, 0.717) is 23.6 Å². The Bertz CT molecular complexity index is 2930. The van der Waals surface area contributed by atoms with Gasteiger partial charge in [0, 0.05) is 35.9 Å². The van der Waals surface area contributed by atoms with E-state index in [1.54, 1.807) is 19.2 Å². The van der Waals surface area contributed by atoms with Crippen molar-refractivity contribution in [1.29, 1.82) is 0 Å². The Morgan fingerprint density at radius 2 is 1.17 bits per heavy atom. The number of rotatable bonds is 9. The van der Waals surface area contributed by atoms with Gasteiger partial charge in [0.2, 0.25) is 11.8 Å². The second-order valence-corrected chi connectivity index (χ2v) is 19.6. The molecule has 0 saturated heterocycles. The molecule has 2 aromatic heterocycles. The summed E-state index contributed by atoms with van der Waals surface area (Å²) in [5.74, 6) is -2.78. The molecule has 0 saturated carbocycles. The van der Waals surface area contributed by atoms with E-state index in [1.165, 1.54) is 54.7 Å². The van der Waals surface area contributed by atoms with Crippen molar-refractivity contribution in [2.45, 2.75) is 56.0 Å². The van der Waals surface area contributed by atoms with Crippen LogP contribution in [0.15, 0.2) is 119 Å². The molecule has 8 rings (SSSR count). The van der Waals surface area contributed by atoms with Crippen LogP contribution in [0.5, 0.6) is 11.8 Å². The molecule has 66 heavy (non-hydrogen) atoms. The number of ether oxygens (including phenoxy) is 2. The van der Waals surface area contributed by atoms with Gasteiger partial charge in [-0.25, -0.2) is 44.4 Å². The van der Waals surface area contributed by atoms with Gasteiger partial charge in [-0.15, -0.1) is 0 Å². The van der Waals surface area contributed by atoms with E-state index in [1.807, 2.05) is 6.92 Å². The van der Waals surface area contributed by atoms with Gasteiger partial charge in [-0.1, -0.05) is 42.8 Å². The number of ketones is 2. The van der Waals surface area contributed by atoms with E-state index >= 15 is 0 Å². The number of hydrogen-bond donors (Lipinski definition) is 1. The van der Waals surface area contributed by atoms with Crippen LogP contribution in [0, 0.1) is 23.3 Å². The molecular formula is C45H39Cl3F4N4O8S2.